The van der Waals surface area contributed by atoms with Crippen LogP contribution < -0.4 is 14.3 Å². The molecule has 3 rings (SSSR count). The SMILES string of the molecule is CCn1c(=NC(=O)c2ccccc2Cl)sc2cc(OC)c(OC)cc21. The fourth-order valence-corrected chi connectivity index (χ4v) is 3.89. The van der Waals surface area contributed by atoms with Crippen molar-refractivity contribution in [1.82, 2.24) is 4.57 Å². The van der Waals surface area contributed by atoms with Crippen molar-refractivity contribution in [1.29, 1.82) is 0 Å². The zero-order chi connectivity index (χ0) is 18.0. The van der Waals surface area contributed by atoms with Gasteiger partial charge in [-0.05, 0) is 19.1 Å². The van der Waals surface area contributed by atoms with Crippen molar-refractivity contribution < 1.29 is 14.3 Å². The Kier molecular flexibility index (Phi) is 5.11. The number of thiazole rings is 1. The van der Waals surface area contributed by atoms with Gasteiger partial charge in [0.2, 0.25) is 0 Å². The van der Waals surface area contributed by atoms with Crippen LogP contribution >= 0.6 is 22.9 Å². The molecule has 2 aromatic carbocycles. The molecule has 0 atom stereocenters. The Bertz CT molecular complexity index is 1010. The van der Waals surface area contributed by atoms with E-state index in [1.807, 2.05) is 23.6 Å². The predicted octanol–water partition coefficient (Wildman–Crippen LogP) is 4.13. The van der Waals surface area contributed by atoms with Gasteiger partial charge in [0.05, 0.1) is 35.0 Å². The summed E-state index contributed by atoms with van der Waals surface area (Å²) in [6, 6.07) is 10.7. The fraction of sp³-hybridized carbons (Fsp3) is 0.222. The summed E-state index contributed by atoms with van der Waals surface area (Å²) in [5.74, 6) is 0.917. The maximum Gasteiger partial charge on any atom is 0.281 e. The quantitative estimate of drug-likeness (QED) is 0.687. The largest absolute Gasteiger partial charge is 0.493 e. The zero-order valence-electron chi connectivity index (χ0n) is 14.1. The first-order chi connectivity index (χ1) is 12.1. The summed E-state index contributed by atoms with van der Waals surface area (Å²) in [5.41, 5.74) is 1.33. The van der Waals surface area contributed by atoms with Crippen molar-refractivity contribution in [3.05, 3.63) is 51.8 Å². The summed E-state index contributed by atoms with van der Waals surface area (Å²) in [5, 5.41) is 0.392. The van der Waals surface area contributed by atoms with E-state index in [9.17, 15) is 4.79 Å². The number of nitrogens with zero attached hydrogens (tertiary/aromatic N) is 2. The second kappa shape index (κ2) is 7.29. The molecule has 25 heavy (non-hydrogen) atoms. The minimum Gasteiger partial charge on any atom is -0.493 e. The molecule has 0 aliphatic heterocycles. The molecule has 0 fully saturated rings. The summed E-state index contributed by atoms with van der Waals surface area (Å²) in [7, 11) is 3.19. The van der Waals surface area contributed by atoms with Gasteiger partial charge in [-0.1, -0.05) is 35.1 Å². The van der Waals surface area contributed by atoms with E-state index in [-0.39, 0.29) is 5.91 Å². The molecule has 0 saturated carbocycles. The highest BCUT2D eigenvalue weighted by molar-refractivity contribution is 7.16. The monoisotopic (exact) mass is 376 g/mol. The molecule has 0 unspecified atom stereocenters. The first-order valence-corrected chi connectivity index (χ1v) is 8.87. The van der Waals surface area contributed by atoms with Gasteiger partial charge in [0.15, 0.2) is 16.3 Å². The number of methoxy groups -OCH3 is 2. The van der Waals surface area contributed by atoms with E-state index in [1.165, 1.54) is 11.3 Å². The third-order valence-electron chi connectivity index (χ3n) is 3.81. The first kappa shape index (κ1) is 17.5. The van der Waals surface area contributed by atoms with Crippen molar-refractivity contribution in [2.45, 2.75) is 13.5 Å². The standard InChI is InChI=1S/C18H17ClN2O3S/c1-4-21-13-9-14(23-2)15(24-3)10-16(13)25-18(21)20-17(22)11-7-5-6-8-12(11)19/h5-10H,4H2,1-3H3. The van der Waals surface area contributed by atoms with Crippen LogP contribution in [0.5, 0.6) is 11.5 Å². The number of rotatable bonds is 4. The molecule has 0 aliphatic carbocycles. The van der Waals surface area contributed by atoms with Crippen LogP contribution in [0, 0.1) is 0 Å². The number of carbonyl (C=O) groups excluding carboxylic acids is 1. The molecule has 0 spiro atoms. The molecule has 3 aromatic rings. The number of aryl methyl sites for hydroxylation is 1. The number of ether oxygens (including phenoxy) is 2. The van der Waals surface area contributed by atoms with Crippen LogP contribution in [0.1, 0.15) is 17.3 Å². The van der Waals surface area contributed by atoms with Crippen LogP contribution in [0.25, 0.3) is 10.2 Å². The number of benzene rings is 2. The third-order valence-corrected chi connectivity index (χ3v) is 5.18. The Morgan fingerprint density at radius 1 is 1.20 bits per heavy atom. The van der Waals surface area contributed by atoms with E-state index in [2.05, 4.69) is 4.99 Å². The summed E-state index contributed by atoms with van der Waals surface area (Å²) in [6.07, 6.45) is 0. The lowest BCUT2D eigenvalue weighted by atomic mass is 10.2. The smallest absolute Gasteiger partial charge is 0.281 e. The summed E-state index contributed by atoms with van der Waals surface area (Å²) < 4.78 is 13.7. The molecule has 0 N–H and O–H groups in total. The number of aromatic nitrogens is 1. The van der Waals surface area contributed by atoms with Crippen molar-refractivity contribution in [3.8, 4) is 11.5 Å². The number of carbonyl (C=O) groups is 1. The molecule has 7 heteroatoms. The van der Waals surface area contributed by atoms with Gasteiger partial charge < -0.3 is 14.0 Å². The highest BCUT2D eigenvalue weighted by atomic mass is 35.5. The van der Waals surface area contributed by atoms with Crippen LogP contribution in [-0.2, 0) is 6.54 Å². The highest BCUT2D eigenvalue weighted by Gasteiger charge is 2.14. The van der Waals surface area contributed by atoms with Gasteiger partial charge in [-0.3, -0.25) is 4.79 Å². The van der Waals surface area contributed by atoms with Crippen LogP contribution in [0.2, 0.25) is 5.02 Å². The maximum atomic E-state index is 12.5. The van der Waals surface area contributed by atoms with Crippen LogP contribution in [0.4, 0.5) is 0 Å². The Morgan fingerprint density at radius 3 is 2.52 bits per heavy atom. The van der Waals surface area contributed by atoms with Gasteiger partial charge in [-0.25, -0.2) is 0 Å². The summed E-state index contributed by atoms with van der Waals surface area (Å²) in [6.45, 7) is 2.67. The molecule has 0 bridgehead atoms. The molecule has 1 heterocycles. The lowest BCUT2D eigenvalue weighted by Crippen LogP contribution is -2.16. The van der Waals surface area contributed by atoms with E-state index in [4.69, 9.17) is 21.1 Å². The van der Waals surface area contributed by atoms with E-state index in [0.29, 0.717) is 33.4 Å². The number of amides is 1. The van der Waals surface area contributed by atoms with Crippen LogP contribution in [0.3, 0.4) is 0 Å². The van der Waals surface area contributed by atoms with Gasteiger partial charge in [0, 0.05) is 18.7 Å². The Morgan fingerprint density at radius 2 is 1.88 bits per heavy atom. The van der Waals surface area contributed by atoms with Gasteiger partial charge in [0.1, 0.15) is 0 Å². The summed E-state index contributed by atoms with van der Waals surface area (Å²) in [4.78, 5) is 17.4. The normalized spacial score (nSPS) is 11.8. The maximum absolute atomic E-state index is 12.5. The number of halogens is 1. The van der Waals surface area contributed by atoms with E-state index in [1.54, 1.807) is 38.5 Å². The zero-order valence-corrected chi connectivity index (χ0v) is 15.6. The van der Waals surface area contributed by atoms with E-state index < -0.39 is 0 Å². The average molecular weight is 377 g/mol. The minimum absolute atomic E-state index is 0.363. The predicted molar refractivity (Wildman–Crippen MR) is 99.9 cm³/mol. The first-order valence-electron chi connectivity index (χ1n) is 7.68. The average Bonchev–Trinajstić information content (AvgIpc) is 2.96. The molecular formula is C18H17ClN2O3S. The Balaban J connectivity index is 2.19. The number of fused-ring (bicyclic) bond motifs is 1. The van der Waals surface area contributed by atoms with Crippen molar-refractivity contribution in [2.75, 3.05) is 14.2 Å². The van der Waals surface area contributed by atoms with Gasteiger partial charge in [0.25, 0.3) is 5.91 Å². The molecule has 0 radical (unpaired) electrons. The van der Waals surface area contributed by atoms with E-state index >= 15 is 0 Å². The molecule has 0 saturated heterocycles. The minimum atomic E-state index is -0.363. The van der Waals surface area contributed by atoms with Crippen molar-refractivity contribution in [3.63, 3.8) is 0 Å². The highest BCUT2D eigenvalue weighted by Crippen LogP contribution is 2.33. The molecule has 1 amide bonds. The van der Waals surface area contributed by atoms with Crippen LogP contribution in [0.15, 0.2) is 41.4 Å². The fourth-order valence-electron chi connectivity index (χ4n) is 2.57. The molecule has 130 valence electrons. The lowest BCUT2D eigenvalue weighted by molar-refractivity contribution is 0.0998. The van der Waals surface area contributed by atoms with Crippen LogP contribution in [-0.4, -0.2) is 24.7 Å². The topological polar surface area (TPSA) is 52.8 Å². The lowest BCUT2D eigenvalue weighted by Gasteiger charge is -2.08. The van der Waals surface area contributed by atoms with Gasteiger partial charge in [-0.2, -0.15) is 4.99 Å². The van der Waals surface area contributed by atoms with Gasteiger partial charge in [-0.15, -0.1) is 0 Å². The molecular weight excluding hydrogens is 360 g/mol. The van der Waals surface area contributed by atoms with Crippen molar-refractivity contribution >= 4 is 39.1 Å². The Hall–Kier alpha value is -2.31. The molecule has 5 nitrogen and oxygen atoms in total. The van der Waals surface area contributed by atoms with Crippen molar-refractivity contribution in [2.24, 2.45) is 4.99 Å². The van der Waals surface area contributed by atoms with E-state index in [0.717, 1.165) is 10.2 Å². The Labute approximate surface area is 154 Å². The molecule has 0 aliphatic rings. The van der Waals surface area contributed by atoms with Gasteiger partial charge >= 0.3 is 0 Å². The third kappa shape index (κ3) is 3.27. The molecule has 1 aromatic heterocycles. The number of hydrogen-bond acceptors (Lipinski definition) is 4. The second-order valence-corrected chi connectivity index (χ2v) is 6.62. The number of hydrogen-bond donors (Lipinski definition) is 0. The second-order valence-electron chi connectivity index (χ2n) is 5.20. The summed E-state index contributed by atoms with van der Waals surface area (Å²) >= 11 is 7.52.